The Morgan fingerprint density at radius 1 is 0.926 bits per heavy atom. The van der Waals surface area contributed by atoms with Crippen LogP contribution < -0.4 is 10.1 Å². The van der Waals surface area contributed by atoms with E-state index in [1.54, 1.807) is 17.0 Å². The first-order valence-corrected chi connectivity index (χ1v) is 8.77. The summed E-state index contributed by atoms with van der Waals surface area (Å²) in [4.78, 5) is 25.3. The van der Waals surface area contributed by atoms with Crippen LogP contribution in [0, 0.1) is 0 Å². The van der Waals surface area contributed by atoms with Gasteiger partial charge in [0.1, 0.15) is 5.75 Å². The third-order valence-electron chi connectivity index (χ3n) is 3.99. The van der Waals surface area contributed by atoms with Crippen LogP contribution in [0.4, 0.5) is 11.4 Å². The van der Waals surface area contributed by atoms with Gasteiger partial charge >= 0.3 is 5.97 Å². The Bertz CT molecular complexity index is 743. The van der Waals surface area contributed by atoms with Gasteiger partial charge in [-0.25, -0.2) is 4.79 Å². The van der Waals surface area contributed by atoms with Gasteiger partial charge in [0.2, 0.25) is 0 Å². The first-order valence-electron chi connectivity index (χ1n) is 8.77. The smallest absolute Gasteiger partial charge is 0.344 e. The normalized spacial score (nSPS) is 13.7. The molecule has 0 aliphatic carbocycles. The number of nitrogens with zero attached hydrogens (tertiary/aromatic N) is 1. The second kappa shape index (κ2) is 9.59. The third kappa shape index (κ3) is 6.00. The number of rotatable bonds is 7. The van der Waals surface area contributed by atoms with E-state index < -0.39 is 5.97 Å². The Morgan fingerprint density at radius 2 is 1.59 bits per heavy atom. The zero-order valence-corrected chi connectivity index (χ0v) is 14.9. The van der Waals surface area contributed by atoms with Gasteiger partial charge in [-0.05, 0) is 36.4 Å². The molecule has 1 amide bonds. The predicted molar refractivity (Wildman–Crippen MR) is 100 cm³/mol. The fourth-order valence-electron chi connectivity index (χ4n) is 2.55. The molecule has 142 valence electrons. The van der Waals surface area contributed by atoms with Gasteiger partial charge < -0.3 is 24.4 Å². The minimum atomic E-state index is -0.580. The summed E-state index contributed by atoms with van der Waals surface area (Å²) in [5.41, 5.74) is 1.90. The number of hydrogen-bond acceptors (Lipinski definition) is 6. The van der Waals surface area contributed by atoms with Gasteiger partial charge in [0.15, 0.2) is 13.2 Å². The van der Waals surface area contributed by atoms with Crippen molar-refractivity contribution in [3.05, 3.63) is 54.6 Å². The van der Waals surface area contributed by atoms with Gasteiger partial charge in [0.05, 0.1) is 13.2 Å². The highest BCUT2D eigenvalue weighted by molar-refractivity contribution is 5.81. The molecule has 3 rings (SSSR count). The van der Waals surface area contributed by atoms with Crippen molar-refractivity contribution in [2.45, 2.75) is 0 Å². The average molecular weight is 370 g/mol. The van der Waals surface area contributed by atoms with Crippen molar-refractivity contribution in [1.29, 1.82) is 0 Å². The number of carbonyl (C=O) groups excluding carboxylic acids is 2. The molecule has 0 saturated carbocycles. The first-order chi connectivity index (χ1) is 13.2. The van der Waals surface area contributed by atoms with Crippen LogP contribution in [0.5, 0.6) is 5.75 Å². The highest BCUT2D eigenvalue weighted by atomic mass is 16.6. The fraction of sp³-hybridized carbons (Fsp3) is 0.300. The number of anilines is 2. The lowest BCUT2D eigenvalue weighted by molar-refractivity contribution is -0.155. The van der Waals surface area contributed by atoms with E-state index in [1.807, 2.05) is 42.5 Å². The Kier molecular flexibility index (Phi) is 6.65. The Balaban J connectivity index is 1.39. The van der Waals surface area contributed by atoms with Gasteiger partial charge in [-0.3, -0.25) is 4.79 Å². The summed E-state index contributed by atoms with van der Waals surface area (Å²) in [6, 6.07) is 17.0. The first kappa shape index (κ1) is 18.7. The summed E-state index contributed by atoms with van der Waals surface area (Å²) < 4.78 is 15.6. The van der Waals surface area contributed by atoms with Crippen molar-refractivity contribution in [3.8, 4) is 5.75 Å². The van der Waals surface area contributed by atoms with Crippen LogP contribution in [0.25, 0.3) is 0 Å². The van der Waals surface area contributed by atoms with Gasteiger partial charge in [-0.15, -0.1) is 0 Å². The molecular formula is C20H22N2O5. The van der Waals surface area contributed by atoms with E-state index in [-0.39, 0.29) is 19.1 Å². The molecule has 1 aliphatic heterocycles. The van der Waals surface area contributed by atoms with Crippen molar-refractivity contribution in [1.82, 2.24) is 4.90 Å². The van der Waals surface area contributed by atoms with Gasteiger partial charge in [-0.1, -0.05) is 18.2 Å². The molecule has 0 aromatic heterocycles. The predicted octanol–water partition coefficient (Wildman–Crippen LogP) is 2.21. The van der Waals surface area contributed by atoms with Crippen LogP contribution in [0.2, 0.25) is 0 Å². The van der Waals surface area contributed by atoms with Crippen molar-refractivity contribution < 1.29 is 23.8 Å². The maximum atomic E-state index is 11.9. The molecule has 1 fully saturated rings. The fourth-order valence-corrected chi connectivity index (χ4v) is 2.55. The average Bonchev–Trinajstić information content (AvgIpc) is 2.73. The number of carbonyl (C=O) groups is 2. The van der Waals surface area contributed by atoms with E-state index in [9.17, 15) is 9.59 Å². The van der Waals surface area contributed by atoms with Crippen LogP contribution in [0.15, 0.2) is 54.6 Å². The summed E-state index contributed by atoms with van der Waals surface area (Å²) in [6.45, 7) is 1.55. The summed E-state index contributed by atoms with van der Waals surface area (Å²) >= 11 is 0. The lowest BCUT2D eigenvalue weighted by Gasteiger charge is -2.26. The SMILES string of the molecule is O=C(COc1ccc(Nc2ccccc2)cc1)OCC(=O)N1CCOCC1. The number of benzene rings is 2. The minimum absolute atomic E-state index is 0.219. The summed E-state index contributed by atoms with van der Waals surface area (Å²) in [6.07, 6.45) is 0. The highest BCUT2D eigenvalue weighted by Gasteiger charge is 2.18. The Labute approximate surface area is 157 Å². The molecule has 1 aliphatic rings. The molecule has 7 nitrogen and oxygen atoms in total. The van der Waals surface area contributed by atoms with E-state index in [0.717, 1.165) is 11.4 Å². The van der Waals surface area contributed by atoms with E-state index >= 15 is 0 Å². The summed E-state index contributed by atoms with van der Waals surface area (Å²) in [7, 11) is 0. The molecule has 0 radical (unpaired) electrons. The molecular weight excluding hydrogens is 348 g/mol. The van der Waals surface area contributed by atoms with Crippen molar-refractivity contribution in [2.75, 3.05) is 44.8 Å². The lowest BCUT2D eigenvalue weighted by Crippen LogP contribution is -2.42. The van der Waals surface area contributed by atoms with E-state index in [0.29, 0.717) is 32.1 Å². The number of nitrogens with one attached hydrogen (secondary N) is 1. The topological polar surface area (TPSA) is 77.1 Å². The number of hydrogen-bond donors (Lipinski definition) is 1. The van der Waals surface area contributed by atoms with Crippen LogP contribution in [-0.4, -0.2) is 56.3 Å². The van der Waals surface area contributed by atoms with E-state index in [1.165, 1.54) is 0 Å². The maximum Gasteiger partial charge on any atom is 0.344 e. The molecule has 0 atom stereocenters. The van der Waals surface area contributed by atoms with Gasteiger partial charge in [0.25, 0.3) is 5.91 Å². The molecule has 0 bridgehead atoms. The monoisotopic (exact) mass is 370 g/mol. The molecule has 7 heteroatoms. The number of ether oxygens (including phenoxy) is 3. The Hall–Kier alpha value is -3.06. The summed E-state index contributed by atoms with van der Waals surface area (Å²) in [5.74, 6) is -0.254. The van der Waals surface area contributed by atoms with Gasteiger partial charge in [-0.2, -0.15) is 0 Å². The second-order valence-electron chi connectivity index (χ2n) is 5.96. The lowest BCUT2D eigenvalue weighted by atomic mass is 10.2. The molecule has 27 heavy (non-hydrogen) atoms. The number of para-hydroxylation sites is 1. The largest absolute Gasteiger partial charge is 0.482 e. The van der Waals surface area contributed by atoms with E-state index in [2.05, 4.69) is 5.32 Å². The van der Waals surface area contributed by atoms with Crippen LogP contribution in [0.1, 0.15) is 0 Å². The van der Waals surface area contributed by atoms with E-state index in [4.69, 9.17) is 14.2 Å². The number of amides is 1. The molecule has 0 spiro atoms. The van der Waals surface area contributed by atoms with Crippen LogP contribution >= 0.6 is 0 Å². The highest BCUT2D eigenvalue weighted by Crippen LogP contribution is 2.19. The zero-order valence-electron chi connectivity index (χ0n) is 14.9. The van der Waals surface area contributed by atoms with Crippen LogP contribution in [0.3, 0.4) is 0 Å². The molecule has 0 unspecified atom stereocenters. The number of esters is 1. The van der Waals surface area contributed by atoms with Crippen molar-refractivity contribution >= 4 is 23.3 Å². The van der Waals surface area contributed by atoms with Crippen molar-refractivity contribution in [3.63, 3.8) is 0 Å². The summed E-state index contributed by atoms with van der Waals surface area (Å²) in [5, 5.41) is 3.26. The van der Waals surface area contributed by atoms with Crippen LogP contribution in [-0.2, 0) is 19.1 Å². The standard InChI is InChI=1S/C20H22N2O5/c23-19(22-10-12-25-13-11-22)14-27-20(24)15-26-18-8-6-17(7-9-18)21-16-4-2-1-3-5-16/h1-9,21H,10-15H2. The second-order valence-corrected chi connectivity index (χ2v) is 5.96. The third-order valence-corrected chi connectivity index (χ3v) is 3.99. The zero-order chi connectivity index (χ0) is 18.9. The molecule has 2 aromatic carbocycles. The molecule has 1 N–H and O–H groups in total. The minimum Gasteiger partial charge on any atom is -0.482 e. The molecule has 2 aromatic rings. The number of morpholine rings is 1. The Morgan fingerprint density at radius 3 is 2.30 bits per heavy atom. The quantitative estimate of drug-likeness (QED) is 0.753. The van der Waals surface area contributed by atoms with Crippen molar-refractivity contribution in [2.24, 2.45) is 0 Å². The maximum absolute atomic E-state index is 11.9. The molecule has 1 heterocycles. The molecule has 1 saturated heterocycles. The van der Waals surface area contributed by atoms with Gasteiger partial charge in [0, 0.05) is 24.5 Å².